The van der Waals surface area contributed by atoms with Crippen LogP contribution in [0.4, 0.5) is 4.39 Å². The minimum Gasteiger partial charge on any atom is -0.379 e. The summed E-state index contributed by atoms with van der Waals surface area (Å²) in [4.78, 5) is 17.6. The van der Waals surface area contributed by atoms with Crippen LogP contribution in [0.2, 0.25) is 0 Å². The van der Waals surface area contributed by atoms with E-state index in [1.54, 1.807) is 6.07 Å². The summed E-state index contributed by atoms with van der Waals surface area (Å²) in [6.45, 7) is 7.76. The lowest BCUT2D eigenvalue weighted by atomic mass is 9.88. The van der Waals surface area contributed by atoms with E-state index in [0.717, 1.165) is 67.0 Å². The Bertz CT molecular complexity index is 1280. The molecule has 8 nitrogen and oxygen atoms in total. The van der Waals surface area contributed by atoms with Crippen LogP contribution in [0.25, 0.3) is 0 Å². The Labute approximate surface area is 233 Å². The molecule has 3 atom stereocenters. The minimum absolute atomic E-state index is 0.0618. The second-order valence-electron chi connectivity index (χ2n) is 10.9. The van der Waals surface area contributed by atoms with Crippen molar-refractivity contribution >= 4 is 17.4 Å². The molecule has 1 aliphatic carbocycles. The molecule has 4 aliphatic rings. The van der Waals surface area contributed by atoms with Crippen molar-refractivity contribution in [3.63, 3.8) is 0 Å². The molecule has 10 heteroatoms. The maximum Gasteiger partial charge on any atom is 0.185 e. The molecular weight excluding hydrogens is 521 g/mol. The molecule has 0 amide bonds. The summed E-state index contributed by atoms with van der Waals surface area (Å²) in [6.07, 6.45) is 7.56. The van der Waals surface area contributed by atoms with Crippen molar-refractivity contribution < 1.29 is 18.7 Å². The monoisotopic (exact) mass is 555 g/mol. The van der Waals surface area contributed by atoms with Gasteiger partial charge in [0.1, 0.15) is 16.5 Å². The fourth-order valence-corrected chi connectivity index (χ4v) is 6.52. The van der Waals surface area contributed by atoms with Crippen LogP contribution in [-0.4, -0.2) is 76.1 Å². The Hall–Kier alpha value is -2.59. The van der Waals surface area contributed by atoms with Crippen LogP contribution in [0, 0.1) is 11.7 Å². The number of carbonyl (C=O) groups excluding carboxylic acids is 1. The van der Waals surface area contributed by atoms with Crippen LogP contribution >= 0.6 is 11.6 Å². The molecule has 0 spiro atoms. The van der Waals surface area contributed by atoms with Gasteiger partial charge in [-0.3, -0.25) is 9.69 Å². The van der Waals surface area contributed by atoms with E-state index in [2.05, 4.69) is 27.0 Å². The highest BCUT2D eigenvalue weighted by Gasteiger charge is 2.36. The summed E-state index contributed by atoms with van der Waals surface area (Å²) in [7, 11) is 0. The minimum atomic E-state index is -0.314. The van der Waals surface area contributed by atoms with Gasteiger partial charge < -0.3 is 14.4 Å². The number of halogens is 2. The van der Waals surface area contributed by atoms with Crippen LogP contribution in [0.15, 0.2) is 41.1 Å². The predicted octanol–water partition coefficient (Wildman–Crippen LogP) is 3.99. The highest BCUT2D eigenvalue weighted by atomic mass is 35.5. The van der Waals surface area contributed by atoms with Gasteiger partial charge in [-0.1, -0.05) is 29.0 Å². The van der Waals surface area contributed by atoms with E-state index in [1.165, 1.54) is 6.07 Å². The third-order valence-electron chi connectivity index (χ3n) is 8.41. The van der Waals surface area contributed by atoms with E-state index < -0.39 is 0 Å². The normalized spacial score (nSPS) is 25.2. The smallest absolute Gasteiger partial charge is 0.185 e. The van der Waals surface area contributed by atoms with Crippen molar-refractivity contribution in [2.45, 2.75) is 57.8 Å². The Kier molecular flexibility index (Phi) is 7.84. The first-order chi connectivity index (χ1) is 19.0. The first-order valence-corrected chi connectivity index (χ1v) is 14.4. The quantitative estimate of drug-likeness (QED) is 0.533. The molecule has 4 heterocycles. The Morgan fingerprint density at radius 2 is 2.03 bits per heavy atom. The second-order valence-corrected chi connectivity index (χ2v) is 11.2. The lowest BCUT2D eigenvalue weighted by Crippen LogP contribution is -2.37. The zero-order chi connectivity index (χ0) is 26.9. The van der Waals surface area contributed by atoms with Gasteiger partial charge in [-0.2, -0.15) is 0 Å². The van der Waals surface area contributed by atoms with Crippen molar-refractivity contribution in [3.8, 4) is 0 Å². The van der Waals surface area contributed by atoms with Crippen molar-refractivity contribution in [3.05, 3.63) is 69.4 Å². The third-order valence-corrected chi connectivity index (χ3v) is 8.79. The zero-order valence-electron chi connectivity index (χ0n) is 22.3. The highest BCUT2D eigenvalue weighted by molar-refractivity contribution is 6.43. The zero-order valence-corrected chi connectivity index (χ0v) is 23.1. The molecule has 0 N–H and O–H groups in total. The topological polar surface area (TPSA) is 72.7 Å². The predicted molar refractivity (Wildman–Crippen MR) is 145 cm³/mol. The summed E-state index contributed by atoms with van der Waals surface area (Å²) in [5, 5.41) is 9.33. The molecule has 2 saturated heterocycles. The molecule has 0 saturated carbocycles. The molecule has 6 rings (SSSR count). The van der Waals surface area contributed by atoms with Crippen molar-refractivity contribution in [1.29, 1.82) is 0 Å². The molecule has 39 heavy (non-hydrogen) atoms. The van der Waals surface area contributed by atoms with Crippen LogP contribution in [-0.2, 0) is 33.8 Å². The van der Waals surface area contributed by atoms with Gasteiger partial charge in [0.15, 0.2) is 5.78 Å². The summed E-state index contributed by atoms with van der Waals surface area (Å²) >= 11 is 6.65. The number of aromatic nitrogens is 3. The number of rotatable bonds is 6. The van der Waals surface area contributed by atoms with Crippen molar-refractivity contribution in [2.24, 2.45) is 5.92 Å². The lowest BCUT2D eigenvalue weighted by Gasteiger charge is -2.34. The van der Waals surface area contributed by atoms with Gasteiger partial charge >= 0.3 is 0 Å². The van der Waals surface area contributed by atoms with E-state index in [0.29, 0.717) is 39.5 Å². The van der Waals surface area contributed by atoms with Crippen LogP contribution < -0.4 is 0 Å². The van der Waals surface area contributed by atoms with Crippen LogP contribution in [0.3, 0.4) is 0 Å². The summed E-state index contributed by atoms with van der Waals surface area (Å²) < 4.78 is 27.6. The van der Waals surface area contributed by atoms with Gasteiger partial charge in [0.25, 0.3) is 0 Å². The van der Waals surface area contributed by atoms with Gasteiger partial charge in [0.05, 0.1) is 49.2 Å². The summed E-state index contributed by atoms with van der Waals surface area (Å²) in [6, 6.07) is 4.93. The Morgan fingerprint density at radius 1 is 1.18 bits per heavy atom. The molecule has 208 valence electrons. The first kappa shape index (κ1) is 26.6. The maximum absolute atomic E-state index is 14.3. The van der Waals surface area contributed by atoms with E-state index in [1.807, 2.05) is 22.9 Å². The number of benzene rings is 1. The fraction of sp³-hybridized carbons (Fsp3) is 0.552. The van der Waals surface area contributed by atoms with Gasteiger partial charge in [-0.25, -0.2) is 9.07 Å². The first-order valence-electron chi connectivity index (χ1n) is 14.0. The SMILES string of the molecule is CC(c1ccc(F)cc1CN1CCOCC1)n1nnc2c1CCN(C1=C(Cl)C(=O)C(C3CCCCO3)C=C1)C2. The van der Waals surface area contributed by atoms with Crippen molar-refractivity contribution in [1.82, 2.24) is 24.8 Å². The number of morpholine rings is 1. The number of hydrogen-bond acceptors (Lipinski definition) is 7. The number of ketones is 1. The lowest BCUT2D eigenvalue weighted by molar-refractivity contribution is -0.123. The number of Topliss-reactive ketones (excluding diaryl/α,β-unsaturated/α-hetero) is 1. The molecule has 2 aromatic rings. The molecule has 1 aromatic heterocycles. The number of hydrogen-bond donors (Lipinski definition) is 0. The molecule has 3 aliphatic heterocycles. The average Bonchev–Trinajstić information content (AvgIpc) is 3.39. The van der Waals surface area contributed by atoms with Gasteiger partial charge in [0.2, 0.25) is 0 Å². The average molecular weight is 556 g/mol. The Morgan fingerprint density at radius 3 is 2.82 bits per heavy atom. The number of fused-ring (bicyclic) bond motifs is 1. The highest BCUT2D eigenvalue weighted by Crippen LogP contribution is 2.34. The van der Waals surface area contributed by atoms with Crippen LogP contribution in [0.1, 0.15) is 54.7 Å². The fourth-order valence-electron chi connectivity index (χ4n) is 6.21. The third kappa shape index (κ3) is 5.42. The number of allylic oxidation sites excluding steroid dienone is 2. The number of ether oxygens (including phenoxy) is 2. The van der Waals surface area contributed by atoms with E-state index in [9.17, 15) is 9.18 Å². The molecule has 0 bridgehead atoms. The number of carbonyl (C=O) groups is 1. The standard InChI is InChI=1S/C29H35ClFN5O3/c1-19(22-6-5-21(31)16-20(22)17-34-11-14-38-15-12-34)36-25-9-10-35(18-24(25)32-33-36)26-8-7-23(29(37)28(26)30)27-4-2-3-13-39-27/h5-8,16,19,23,27H,2-4,9-15,17-18H2,1H3. The summed E-state index contributed by atoms with van der Waals surface area (Å²) in [5.41, 5.74) is 4.69. The molecular formula is C29H35ClFN5O3. The van der Waals surface area contributed by atoms with Gasteiger partial charge in [-0.15, -0.1) is 5.10 Å². The maximum atomic E-state index is 14.3. The Balaban J connectivity index is 1.19. The molecule has 3 unspecified atom stereocenters. The summed E-state index contributed by atoms with van der Waals surface area (Å²) in [5.74, 6) is -0.609. The van der Waals surface area contributed by atoms with Crippen molar-refractivity contribution in [2.75, 3.05) is 39.5 Å². The number of nitrogens with zero attached hydrogens (tertiary/aromatic N) is 5. The van der Waals surface area contributed by atoms with Gasteiger partial charge in [-0.05, 0) is 55.5 Å². The molecule has 2 fully saturated rings. The molecule has 1 aromatic carbocycles. The second kappa shape index (κ2) is 11.5. The largest absolute Gasteiger partial charge is 0.379 e. The van der Waals surface area contributed by atoms with Crippen LogP contribution in [0.5, 0.6) is 0 Å². The van der Waals surface area contributed by atoms with E-state index in [4.69, 9.17) is 21.1 Å². The van der Waals surface area contributed by atoms with E-state index in [-0.39, 0.29) is 34.7 Å². The van der Waals surface area contributed by atoms with E-state index >= 15 is 0 Å². The van der Waals surface area contributed by atoms with Gasteiger partial charge in [0, 0.05) is 39.2 Å². The molecule has 0 radical (unpaired) electrons.